The fraction of sp³-hybridized carbons (Fsp3) is 0.368. The molecule has 2 aromatic heterocycles. The summed E-state index contributed by atoms with van der Waals surface area (Å²) in [6.07, 6.45) is 3.25. The van der Waals surface area contributed by atoms with Gasteiger partial charge >= 0.3 is 5.69 Å². The molecule has 3 heterocycles. The average Bonchev–Trinajstić information content (AvgIpc) is 3.18. The minimum Gasteiger partial charge on any atom is -0.294 e. The van der Waals surface area contributed by atoms with Crippen LogP contribution in [-0.2, 0) is 31.9 Å². The van der Waals surface area contributed by atoms with Gasteiger partial charge in [-0.3, -0.25) is 23.3 Å². The van der Waals surface area contributed by atoms with E-state index in [-0.39, 0.29) is 23.6 Å². The van der Waals surface area contributed by atoms with Crippen molar-refractivity contribution < 1.29 is 4.79 Å². The zero-order chi connectivity index (χ0) is 19.3. The van der Waals surface area contributed by atoms with Crippen molar-refractivity contribution in [1.82, 2.24) is 18.7 Å². The summed E-state index contributed by atoms with van der Waals surface area (Å²) in [7, 11) is 3.00. The Bertz CT molecular complexity index is 1170. The summed E-state index contributed by atoms with van der Waals surface area (Å²) in [6.45, 7) is 2.18. The molecule has 0 radical (unpaired) electrons. The van der Waals surface area contributed by atoms with Crippen molar-refractivity contribution >= 4 is 28.7 Å². The highest BCUT2D eigenvalue weighted by molar-refractivity contribution is 6.04. The van der Waals surface area contributed by atoms with Crippen LogP contribution in [0.25, 0.3) is 11.2 Å². The lowest BCUT2D eigenvalue weighted by Crippen LogP contribution is -2.37. The van der Waals surface area contributed by atoms with Gasteiger partial charge in [-0.15, -0.1) is 0 Å². The van der Waals surface area contributed by atoms with E-state index < -0.39 is 11.2 Å². The van der Waals surface area contributed by atoms with Crippen LogP contribution >= 0.6 is 0 Å². The minimum absolute atomic E-state index is 0.0247. The molecule has 4 rings (SSSR count). The molecule has 0 unspecified atom stereocenters. The van der Waals surface area contributed by atoms with E-state index in [0.29, 0.717) is 11.6 Å². The number of hydrogen-bond donors (Lipinski definition) is 0. The number of hydrogen-bond acceptors (Lipinski definition) is 4. The molecule has 140 valence electrons. The molecule has 0 saturated carbocycles. The molecule has 1 aliphatic heterocycles. The van der Waals surface area contributed by atoms with Gasteiger partial charge in [-0.1, -0.05) is 25.5 Å². The highest BCUT2D eigenvalue weighted by atomic mass is 16.2. The van der Waals surface area contributed by atoms with Crippen LogP contribution in [0.5, 0.6) is 0 Å². The summed E-state index contributed by atoms with van der Waals surface area (Å²) in [5.74, 6) is 0.214. The van der Waals surface area contributed by atoms with Crippen molar-refractivity contribution in [3.63, 3.8) is 0 Å². The molecule has 3 aromatic rings. The first kappa shape index (κ1) is 17.3. The van der Waals surface area contributed by atoms with E-state index in [0.717, 1.165) is 23.8 Å². The largest absolute Gasteiger partial charge is 0.332 e. The van der Waals surface area contributed by atoms with Crippen LogP contribution in [-0.4, -0.2) is 24.6 Å². The second kappa shape index (κ2) is 6.22. The Morgan fingerprint density at radius 2 is 1.74 bits per heavy atom. The van der Waals surface area contributed by atoms with Gasteiger partial charge in [0.1, 0.15) is 6.54 Å². The molecule has 1 aliphatic rings. The summed E-state index contributed by atoms with van der Waals surface area (Å²) in [5, 5.41) is 0. The first-order valence-electron chi connectivity index (χ1n) is 9.02. The highest BCUT2D eigenvalue weighted by Gasteiger charge is 2.34. The average molecular weight is 367 g/mol. The Labute approximate surface area is 155 Å². The summed E-state index contributed by atoms with van der Waals surface area (Å²) >= 11 is 0. The third kappa shape index (κ3) is 2.51. The molecule has 0 N–H and O–H groups in total. The van der Waals surface area contributed by atoms with Crippen molar-refractivity contribution in [3.8, 4) is 0 Å². The quantitative estimate of drug-likeness (QED) is 0.699. The Morgan fingerprint density at radius 3 is 2.41 bits per heavy atom. The van der Waals surface area contributed by atoms with Crippen LogP contribution < -0.4 is 16.1 Å². The molecular weight excluding hydrogens is 346 g/mol. The van der Waals surface area contributed by atoms with Crippen molar-refractivity contribution in [3.05, 3.63) is 50.7 Å². The van der Waals surface area contributed by atoms with Gasteiger partial charge in [0, 0.05) is 14.1 Å². The van der Waals surface area contributed by atoms with Crippen molar-refractivity contribution in [1.29, 1.82) is 0 Å². The van der Waals surface area contributed by atoms with Gasteiger partial charge in [0.2, 0.25) is 5.95 Å². The lowest BCUT2D eigenvalue weighted by molar-refractivity contribution is -0.117. The number of rotatable bonds is 4. The van der Waals surface area contributed by atoms with Gasteiger partial charge in [0.25, 0.3) is 11.5 Å². The summed E-state index contributed by atoms with van der Waals surface area (Å²) in [4.78, 5) is 43.3. The third-order valence-electron chi connectivity index (χ3n) is 5.08. The normalized spacial score (nSPS) is 13.6. The van der Waals surface area contributed by atoms with Crippen molar-refractivity contribution in [2.45, 2.75) is 32.7 Å². The summed E-state index contributed by atoms with van der Waals surface area (Å²) in [6, 6.07) is 7.82. The molecule has 1 aromatic carbocycles. The van der Waals surface area contributed by atoms with Crippen LogP contribution in [0.15, 0.2) is 33.9 Å². The van der Waals surface area contributed by atoms with Crippen LogP contribution in [0, 0.1) is 0 Å². The molecule has 1 amide bonds. The summed E-state index contributed by atoms with van der Waals surface area (Å²) in [5.41, 5.74) is 1.59. The van der Waals surface area contributed by atoms with Gasteiger partial charge in [-0.25, -0.2) is 9.69 Å². The Hall–Kier alpha value is -3.16. The first-order chi connectivity index (χ1) is 12.9. The number of carbonyl (C=O) groups is 1. The molecular formula is C19H21N5O3. The third-order valence-corrected chi connectivity index (χ3v) is 5.08. The molecule has 8 heteroatoms. The van der Waals surface area contributed by atoms with Gasteiger partial charge in [0.15, 0.2) is 11.2 Å². The minimum atomic E-state index is -0.448. The lowest BCUT2D eigenvalue weighted by Gasteiger charge is -2.14. The number of carbonyl (C=O) groups excluding carboxylic acids is 1. The zero-order valence-corrected chi connectivity index (χ0v) is 15.6. The topological polar surface area (TPSA) is 82.1 Å². The fourth-order valence-corrected chi connectivity index (χ4v) is 3.53. The van der Waals surface area contributed by atoms with E-state index in [1.54, 1.807) is 11.6 Å². The molecule has 0 fully saturated rings. The van der Waals surface area contributed by atoms with Crippen LogP contribution in [0.2, 0.25) is 0 Å². The predicted octanol–water partition coefficient (Wildman–Crippen LogP) is 1.45. The van der Waals surface area contributed by atoms with E-state index in [9.17, 15) is 14.4 Å². The number of nitrogens with zero attached hydrogens (tertiary/aromatic N) is 5. The van der Waals surface area contributed by atoms with Gasteiger partial charge in [0.05, 0.1) is 5.69 Å². The number of benzene rings is 1. The number of aromatic nitrogens is 4. The fourth-order valence-electron chi connectivity index (χ4n) is 3.53. The predicted molar refractivity (Wildman–Crippen MR) is 102 cm³/mol. The molecule has 0 atom stereocenters. The van der Waals surface area contributed by atoms with Gasteiger partial charge in [-0.2, -0.15) is 4.98 Å². The number of amides is 1. The lowest BCUT2D eigenvalue weighted by atomic mass is 10.1. The maximum Gasteiger partial charge on any atom is 0.332 e. The monoisotopic (exact) mass is 367 g/mol. The maximum absolute atomic E-state index is 12.6. The van der Waals surface area contributed by atoms with E-state index >= 15 is 0 Å². The second-order valence-electron chi connectivity index (χ2n) is 6.88. The standard InChI is InChI=1S/C19H21N5O3/c1-4-5-6-12-7-9-13(10-8-12)24-14(25)11-23-15-16(20-18(23)24)21(2)19(27)22(3)17(15)26/h7-10H,4-6,11H2,1-3H3. The Balaban J connectivity index is 1.84. The van der Waals surface area contributed by atoms with Gasteiger partial charge in [-0.05, 0) is 30.5 Å². The number of anilines is 2. The molecule has 27 heavy (non-hydrogen) atoms. The molecule has 0 bridgehead atoms. The number of unbranched alkanes of at least 4 members (excludes halogenated alkanes) is 1. The second-order valence-corrected chi connectivity index (χ2v) is 6.88. The van der Waals surface area contributed by atoms with Crippen LogP contribution in [0.4, 0.5) is 11.6 Å². The van der Waals surface area contributed by atoms with Crippen molar-refractivity contribution in [2.75, 3.05) is 4.90 Å². The number of fused-ring (bicyclic) bond motifs is 3. The van der Waals surface area contributed by atoms with Gasteiger partial charge < -0.3 is 0 Å². The maximum atomic E-state index is 12.6. The molecule has 0 spiro atoms. The molecule has 8 nitrogen and oxygen atoms in total. The number of aryl methyl sites for hydroxylation is 2. The van der Waals surface area contributed by atoms with Crippen LogP contribution in [0.3, 0.4) is 0 Å². The van der Waals surface area contributed by atoms with Crippen LogP contribution in [0.1, 0.15) is 25.3 Å². The number of imidazole rings is 1. The Morgan fingerprint density at radius 1 is 1.04 bits per heavy atom. The Kier molecular flexibility index (Phi) is 3.98. The highest BCUT2D eigenvalue weighted by Crippen LogP contribution is 2.32. The van der Waals surface area contributed by atoms with E-state index in [2.05, 4.69) is 11.9 Å². The molecule has 0 saturated heterocycles. The van der Waals surface area contributed by atoms with E-state index in [1.165, 1.54) is 22.1 Å². The van der Waals surface area contributed by atoms with E-state index in [1.807, 2.05) is 24.3 Å². The molecule has 0 aliphatic carbocycles. The van der Waals surface area contributed by atoms with Crippen molar-refractivity contribution in [2.24, 2.45) is 14.1 Å². The zero-order valence-electron chi connectivity index (χ0n) is 15.6. The first-order valence-corrected chi connectivity index (χ1v) is 9.02. The SMILES string of the molecule is CCCCc1ccc(N2C(=O)Cn3c2nc2c3c(=O)n(C)c(=O)n2C)cc1. The van der Waals surface area contributed by atoms with E-state index in [4.69, 9.17) is 0 Å². The smallest absolute Gasteiger partial charge is 0.294 e. The summed E-state index contributed by atoms with van der Waals surface area (Å²) < 4.78 is 3.95.